The summed E-state index contributed by atoms with van der Waals surface area (Å²) in [6, 6.07) is 21.2. The van der Waals surface area contributed by atoms with Crippen LogP contribution in [0.3, 0.4) is 0 Å². The lowest BCUT2D eigenvalue weighted by molar-refractivity contribution is 0.588. The van der Waals surface area contributed by atoms with Crippen LogP contribution in [0, 0.1) is 20.8 Å². The quantitative estimate of drug-likeness (QED) is 0.111. The van der Waals surface area contributed by atoms with Crippen molar-refractivity contribution in [3.8, 4) is 22.5 Å². The van der Waals surface area contributed by atoms with Gasteiger partial charge >= 0.3 is 0 Å². The third-order valence-electron chi connectivity index (χ3n) is 12.3. The molecule has 8 rings (SSSR count). The van der Waals surface area contributed by atoms with Gasteiger partial charge in [-0.2, -0.15) is 10.2 Å². The van der Waals surface area contributed by atoms with Crippen molar-refractivity contribution in [3.05, 3.63) is 166 Å². The van der Waals surface area contributed by atoms with Crippen LogP contribution in [0.2, 0.25) is 0 Å². The van der Waals surface area contributed by atoms with Gasteiger partial charge in [0.25, 0.3) is 20.0 Å². The van der Waals surface area contributed by atoms with Gasteiger partial charge in [0.2, 0.25) is 0 Å². The summed E-state index contributed by atoms with van der Waals surface area (Å²) >= 11 is 6.56. The van der Waals surface area contributed by atoms with Gasteiger partial charge in [-0.1, -0.05) is 72.3 Å². The average Bonchev–Trinajstić information content (AvgIpc) is 3.65. The lowest BCUT2D eigenvalue weighted by atomic mass is 10.0. The molecule has 0 saturated heterocycles. The Kier molecular flexibility index (Phi) is 12.2. The molecule has 0 aliphatic carbocycles. The van der Waals surface area contributed by atoms with E-state index in [1.807, 2.05) is 63.6 Å². The number of allylic oxidation sites excluding steroid dienone is 7. The zero-order valence-electron chi connectivity index (χ0n) is 37.4. The number of rotatable bonds is 12. The number of aromatic nitrogens is 6. The van der Waals surface area contributed by atoms with Crippen LogP contribution in [-0.4, -0.2) is 59.5 Å². The predicted molar refractivity (Wildman–Crippen MR) is 261 cm³/mol. The molecule has 0 unspecified atom stereocenters. The fraction of sp³-hybridized carbons (Fsp3) is 0.240. The van der Waals surface area contributed by atoms with E-state index in [1.165, 1.54) is 8.61 Å². The van der Waals surface area contributed by atoms with Crippen LogP contribution in [0.4, 0.5) is 11.6 Å². The normalized spacial score (nSPS) is 14.4. The molecule has 0 amide bonds. The van der Waals surface area contributed by atoms with E-state index in [2.05, 4.69) is 36.6 Å². The number of pyridine rings is 2. The first-order valence-corrected chi connectivity index (χ1v) is 24.5. The summed E-state index contributed by atoms with van der Waals surface area (Å²) in [4.78, 5) is 9.52. The molecule has 0 fully saturated rings. The second-order valence-corrected chi connectivity index (χ2v) is 20.8. The van der Waals surface area contributed by atoms with Crippen LogP contribution in [0.15, 0.2) is 143 Å². The van der Waals surface area contributed by atoms with Crippen molar-refractivity contribution in [2.24, 2.45) is 0 Å². The zero-order chi connectivity index (χ0) is 46.5. The van der Waals surface area contributed by atoms with Gasteiger partial charge in [-0.05, 0) is 133 Å². The topological polar surface area (TPSA) is 136 Å². The van der Waals surface area contributed by atoms with Crippen LogP contribution in [0.25, 0.3) is 33.9 Å². The molecule has 2 aromatic carbocycles. The number of benzene rings is 2. The molecule has 2 aliphatic rings. The summed E-state index contributed by atoms with van der Waals surface area (Å²) in [6.07, 6.45) is 7.15. The molecular formula is C50H51ClN8O4S2. The van der Waals surface area contributed by atoms with E-state index in [4.69, 9.17) is 21.8 Å². The van der Waals surface area contributed by atoms with E-state index in [0.29, 0.717) is 70.6 Å². The van der Waals surface area contributed by atoms with Crippen LogP contribution >= 0.6 is 11.6 Å². The minimum absolute atomic E-state index is 0.166. The number of nitrogens with zero attached hydrogens (tertiary/aromatic N) is 8. The number of anilines is 2. The molecule has 65 heavy (non-hydrogen) atoms. The molecule has 15 heteroatoms. The monoisotopic (exact) mass is 926 g/mol. The number of hydrogen-bond acceptors (Lipinski definition) is 8. The van der Waals surface area contributed by atoms with Gasteiger partial charge < -0.3 is 0 Å². The van der Waals surface area contributed by atoms with Crippen LogP contribution in [0.5, 0.6) is 0 Å². The molecule has 6 aromatic rings. The minimum Gasteiger partial charge on any atom is -0.249 e. The molecule has 0 spiro atoms. The SMILES string of the molecule is C=C(C)C=C(Cl)C(=C)n1nc2c(c1C)CCN(S(=O)(=O)c1ccc(CCC(C)=C(C)C(=C)n3nc4c(c3C)CCN(S(=O)(=O)c3ccc(C)cc3)c3ncccc3-4)cc1)c1ncccc1-2. The van der Waals surface area contributed by atoms with Gasteiger partial charge in [0.1, 0.15) is 11.4 Å². The van der Waals surface area contributed by atoms with Gasteiger partial charge in [-0.3, -0.25) is 0 Å². The highest BCUT2D eigenvalue weighted by Crippen LogP contribution is 2.41. The average molecular weight is 928 g/mol. The van der Waals surface area contributed by atoms with Gasteiger partial charge in [0.15, 0.2) is 11.6 Å². The van der Waals surface area contributed by atoms with Gasteiger partial charge in [0.05, 0.1) is 26.2 Å². The molecule has 0 saturated carbocycles. The summed E-state index contributed by atoms with van der Waals surface area (Å²) in [6.45, 7) is 24.7. The molecule has 0 bridgehead atoms. The highest BCUT2D eigenvalue weighted by atomic mass is 35.5. The van der Waals surface area contributed by atoms with E-state index >= 15 is 0 Å². The molecule has 12 nitrogen and oxygen atoms in total. The van der Waals surface area contributed by atoms with Gasteiger partial charge in [0, 0.05) is 59.1 Å². The summed E-state index contributed by atoms with van der Waals surface area (Å²) in [5, 5.41) is 10.3. The Hall–Kier alpha value is -6.35. The number of aryl methyl sites for hydroxylation is 2. The smallest absolute Gasteiger partial charge is 0.249 e. The molecule has 4 aromatic heterocycles. The third kappa shape index (κ3) is 8.30. The molecule has 2 aliphatic heterocycles. The number of halogens is 1. The van der Waals surface area contributed by atoms with Gasteiger partial charge in [-0.25, -0.2) is 44.8 Å². The van der Waals surface area contributed by atoms with E-state index < -0.39 is 20.0 Å². The van der Waals surface area contributed by atoms with E-state index in [9.17, 15) is 16.8 Å². The third-order valence-corrected chi connectivity index (χ3v) is 16.2. The Morgan fingerprint density at radius 1 is 0.677 bits per heavy atom. The van der Waals surface area contributed by atoms with E-state index in [-0.39, 0.29) is 22.9 Å². The lowest BCUT2D eigenvalue weighted by Crippen LogP contribution is -2.33. The summed E-state index contributed by atoms with van der Waals surface area (Å²) in [7, 11) is -7.89. The van der Waals surface area contributed by atoms with Crippen LogP contribution < -0.4 is 8.61 Å². The summed E-state index contributed by atoms with van der Waals surface area (Å²) in [5.41, 5.74) is 12.1. The van der Waals surface area contributed by atoms with E-state index in [0.717, 1.165) is 56.1 Å². The maximum Gasteiger partial charge on any atom is 0.265 e. The molecule has 0 atom stereocenters. The van der Waals surface area contributed by atoms with Crippen molar-refractivity contribution in [2.75, 3.05) is 21.7 Å². The second-order valence-electron chi connectivity index (χ2n) is 16.6. The number of hydrogen-bond donors (Lipinski definition) is 0. The van der Waals surface area contributed by atoms with Crippen molar-refractivity contribution < 1.29 is 16.8 Å². The standard InChI is InChI=1S/C50H51ClN8O4S2/c1-31(2)30-46(51)38(9)59-37(8)43-25-29-57(50-45(48(43)55-59)13-11-27-53-50)65(62,63)41-22-18-39(19-23-41)17-16-33(4)34(5)35(6)58-36(7)42-24-28-56(49-44(47(42)54-58)12-10-26-52-49)64(60,61)40-20-14-32(3)15-21-40/h10-15,18-23,26-27,30H,1,6,9,16-17,24-25,28-29H2,2-5,7-8H3. The zero-order valence-corrected chi connectivity index (χ0v) is 39.8. The van der Waals surface area contributed by atoms with Crippen molar-refractivity contribution >= 4 is 54.7 Å². The second kappa shape index (κ2) is 17.6. The van der Waals surface area contributed by atoms with Crippen LogP contribution in [0.1, 0.15) is 60.8 Å². The Balaban J connectivity index is 0.988. The minimum atomic E-state index is -4.00. The Morgan fingerprint density at radius 3 is 1.62 bits per heavy atom. The summed E-state index contributed by atoms with van der Waals surface area (Å²) in [5.74, 6) is 0.652. The number of fused-ring (bicyclic) bond motifs is 6. The predicted octanol–water partition coefficient (Wildman–Crippen LogP) is 10.2. The van der Waals surface area contributed by atoms with Crippen molar-refractivity contribution in [2.45, 2.75) is 77.0 Å². The maximum absolute atomic E-state index is 14.4. The molecular weight excluding hydrogens is 876 g/mol. The fourth-order valence-electron chi connectivity index (χ4n) is 8.41. The first kappa shape index (κ1) is 45.2. The highest BCUT2D eigenvalue weighted by molar-refractivity contribution is 7.93. The lowest BCUT2D eigenvalue weighted by Gasteiger charge is -2.23. The van der Waals surface area contributed by atoms with Gasteiger partial charge in [-0.15, -0.1) is 0 Å². The van der Waals surface area contributed by atoms with Crippen molar-refractivity contribution in [3.63, 3.8) is 0 Å². The fourth-order valence-corrected chi connectivity index (χ4v) is 11.6. The maximum atomic E-state index is 14.4. The van der Waals surface area contributed by atoms with Crippen LogP contribution in [-0.2, 0) is 39.3 Å². The van der Waals surface area contributed by atoms with Crippen molar-refractivity contribution in [1.82, 2.24) is 29.5 Å². The molecule has 334 valence electrons. The first-order chi connectivity index (χ1) is 30.9. The molecule has 0 radical (unpaired) electrons. The first-order valence-electron chi connectivity index (χ1n) is 21.3. The Morgan fingerprint density at radius 2 is 1.14 bits per heavy atom. The molecule has 0 N–H and O–H groups in total. The largest absolute Gasteiger partial charge is 0.265 e. The summed E-state index contributed by atoms with van der Waals surface area (Å²) < 4.78 is 63.0. The van der Waals surface area contributed by atoms with E-state index in [1.54, 1.807) is 71.7 Å². The number of sulfonamides is 2. The highest BCUT2D eigenvalue weighted by Gasteiger charge is 2.35. The Bertz CT molecular complexity index is 3220. The Labute approximate surface area is 386 Å². The van der Waals surface area contributed by atoms with Crippen molar-refractivity contribution in [1.29, 1.82) is 0 Å². The molecule has 6 heterocycles.